The zero-order valence-corrected chi connectivity index (χ0v) is 11.2. The van der Waals surface area contributed by atoms with Gasteiger partial charge in [-0.1, -0.05) is 0 Å². The van der Waals surface area contributed by atoms with Crippen LogP contribution in [0.1, 0.15) is 20.0 Å². The van der Waals surface area contributed by atoms with E-state index >= 15 is 0 Å². The van der Waals surface area contributed by atoms with Crippen LogP contribution in [0.5, 0.6) is 11.5 Å². The summed E-state index contributed by atoms with van der Waals surface area (Å²) in [6.07, 6.45) is 0. The number of aromatic hydroxyl groups is 1. The average Bonchev–Trinajstić information content (AvgIpc) is 2.86. The van der Waals surface area contributed by atoms with Crippen LogP contribution in [0.4, 0.5) is 5.69 Å². The molecule has 0 unspecified atom stereocenters. The summed E-state index contributed by atoms with van der Waals surface area (Å²) in [5, 5.41) is 22.6. The molecule has 0 spiro atoms. The van der Waals surface area contributed by atoms with E-state index in [0.29, 0.717) is 0 Å². The van der Waals surface area contributed by atoms with Crippen molar-refractivity contribution < 1.29 is 24.5 Å². The molecule has 1 amide bonds. The van der Waals surface area contributed by atoms with Crippen molar-refractivity contribution in [2.45, 2.75) is 0 Å². The molecule has 0 aliphatic heterocycles. The number of ether oxygens (including phenoxy) is 1. The average molecular weight is 293 g/mol. The number of nitrogens with one attached hydrogen (secondary N) is 1. The number of amides is 1. The Morgan fingerprint density at radius 3 is 2.65 bits per heavy atom. The van der Waals surface area contributed by atoms with Crippen LogP contribution in [0.2, 0.25) is 0 Å². The van der Waals surface area contributed by atoms with Crippen molar-refractivity contribution in [3.05, 3.63) is 40.1 Å². The Kier molecular flexibility index (Phi) is 3.90. The summed E-state index contributed by atoms with van der Waals surface area (Å²) in [5.74, 6) is -1.52. The predicted octanol–water partition coefficient (Wildman–Crippen LogP) is 2.41. The quantitative estimate of drug-likeness (QED) is 0.804. The van der Waals surface area contributed by atoms with Gasteiger partial charge in [-0.05, 0) is 29.6 Å². The van der Waals surface area contributed by atoms with Gasteiger partial charge in [0.05, 0.1) is 12.8 Å². The highest BCUT2D eigenvalue weighted by atomic mass is 32.1. The minimum Gasteiger partial charge on any atom is -0.504 e. The Bertz CT molecular complexity index is 665. The summed E-state index contributed by atoms with van der Waals surface area (Å²) in [4.78, 5) is 23.0. The topological polar surface area (TPSA) is 95.9 Å². The molecule has 6 nitrogen and oxygen atoms in total. The molecule has 2 rings (SSSR count). The van der Waals surface area contributed by atoms with E-state index in [-0.39, 0.29) is 27.6 Å². The molecule has 1 aromatic heterocycles. The van der Waals surface area contributed by atoms with Crippen molar-refractivity contribution in [2.75, 3.05) is 12.4 Å². The molecule has 0 radical (unpaired) electrons. The molecule has 2 aromatic rings. The van der Waals surface area contributed by atoms with Crippen LogP contribution in [-0.4, -0.2) is 29.2 Å². The molecule has 20 heavy (non-hydrogen) atoms. The normalized spacial score (nSPS) is 10.1. The van der Waals surface area contributed by atoms with Crippen molar-refractivity contribution in [3.63, 3.8) is 0 Å². The number of phenolic OH excluding ortho intramolecular Hbond substituents is 1. The lowest BCUT2D eigenvalue weighted by molar-refractivity contribution is 0.0703. The summed E-state index contributed by atoms with van der Waals surface area (Å²) >= 11 is 1.02. The number of carboxylic acids is 1. The molecule has 0 aliphatic rings. The lowest BCUT2D eigenvalue weighted by atomic mass is 10.2. The molecule has 1 heterocycles. The van der Waals surface area contributed by atoms with Gasteiger partial charge in [0.1, 0.15) is 4.88 Å². The lowest BCUT2D eigenvalue weighted by Crippen LogP contribution is -2.13. The number of thiophene rings is 1. The van der Waals surface area contributed by atoms with E-state index in [1.165, 1.54) is 31.4 Å². The third-order valence-corrected chi connectivity index (χ3v) is 3.45. The van der Waals surface area contributed by atoms with Crippen LogP contribution in [0.15, 0.2) is 29.6 Å². The highest BCUT2D eigenvalue weighted by Crippen LogP contribution is 2.27. The van der Waals surface area contributed by atoms with Crippen LogP contribution < -0.4 is 10.1 Å². The highest BCUT2D eigenvalue weighted by Gasteiger charge is 2.15. The first kappa shape index (κ1) is 13.9. The summed E-state index contributed by atoms with van der Waals surface area (Å²) in [6.45, 7) is 0. The SMILES string of the molecule is COc1ccc(C(=O)Nc2ccsc2C(=O)O)cc1O. The molecule has 0 fully saturated rings. The number of methoxy groups -OCH3 is 1. The number of hydrogen-bond donors (Lipinski definition) is 3. The zero-order chi connectivity index (χ0) is 14.7. The standard InChI is InChI=1S/C13H11NO5S/c1-19-10-3-2-7(6-9(10)15)12(16)14-8-4-5-20-11(8)13(17)18/h2-6,15H,1H3,(H,14,16)(H,17,18). The van der Waals surface area contributed by atoms with Gasteiger partial charge in [0.2, 0.25) is 0 Å². The monoisotopic (exact) mass is 293 g/mol. The van der Waals surface area contributed by atoms with E-state index in [0.717, 1.165) is 11.3 Å². The Hall–Kier alpha value is -2.54. The number of anilines is 1. The van der Waals surface area contributed by atoms with E-state index in [1.54, 1.807) is 5.38 Å². The van der Waals surface area contributed by atoms with Crippen molar-refractivity contribution >= 4 is 28.9 Å². The van der Waals surface area contributed by atoms with E-state index in [2.05, 4.69) is 5.32 Å². The number of hydrogen-bond acceptors (Lipinski definition) is 5. The van der Waals surface area contributed by atoms with Crippen molar-refractivity contribution in [1.29, 1.82) is 0 Å². The summed E-state index contributed by atoms with van der Waals surface area (Å²) in [7, 11) is 1.40. The first-order valence-corrected chi connectivity index (χ1v) is 6.40. The van der Waals surface area contributed by atoms with Crippen LogP contribution >= 0.6 is 11.3 Å². The van der Waals surface area contributed by atoms with E-state index in [9.17, 15) is 14.7 Å². The number of carboxylic acid groups (broad SMARTS) is 1. The van der Waals surface area contributed by atoms with Gasteiger partial charge in [-0.15, -0.1) is 11.3 Å². The fourth-order valence-electron chi connectivity index (χ4n) is 1.60. The molecule has 0 saturated heterocycles. The summed E-state index contributed by atoms with van der Waals surface area (Å²) in [5.41, 5.74) is 0.425. The number of aromatic carboxylic acids is 1. The molecule has 1 aromatic carbocycles. The molecule has 3 N–H and O–H groups in total. The van der Waals surface area contributed by atoms with Gasteiger partial charge in [0.25, 0.3) is 5.91 Å². The van der Waals surface area contributed by atoms with Gasteiger partial charge in [0, 0.05) is 5.56 Å². The number of phenols is 1. The third kappa shape index (κ3) is 2.72. The Labute approximate surface area is 118 Å². The number of benzene rings is 1. The second kappa shape index (κ2) is 5.62. The number of carbonyl (C=O) groups excluding carboxylic acids is 1. The van der Waals surface area contributed by atoms with E-state index in [4.69, 9.17) is 9.84 Å². The summed E-state index contributed by atoms with van der Waals surface area (Å²) in [6, 6.07) is 5.69. The fourth-order valence-corrected chi connectivity index (χ4v) is 2.29. The van der Waals surface area contributed by atoms with Crippen LogP contribution in [0.25, 0.3) is 0 Å². The molecule has 0 saturated carbocycles. The lowest BCUT2D eigenvalue weighted by Gasteiger charge is -2.07. The van der Waals surface area contributed by atoms with Crippen molar-refractivity contribution in [3.8, 4) is 11.5 Å². The summed E-state index contributed by atoms with van der Waals surface area (Å²) < 4.78 is 4.88. The van der Waals surface area contributed by atoms with Gasteiger partial charge in [-0.25, -0.2) is 4.79 Å². The predicted molar refractivity (Wildman–Crippen MR) is 73.9 cm³/mol. The molecular formula is C13H11NO5S. The first-order chi connectivity index (χ1) is 9.52. The maximum Gasteiger partial charge on any atom is 0.348 e. The Balaban J connectivity index is 2.22. The number of carbonyl (C=O) groups is 2. The number of rotatable bonds is 4. The minimum atomic E-state index is -1.10. The molecule has 104 valence electrons. The van der Waals surface area contributed by atoms with Crippen molar-refractivity contribution in [2.24, 2.45) is 0 Å². The Morgan fingerprint density at radius 1 is 1.30 bits per heavy atom. The largest absolute Gasteiger partial charge is 0.504 e. The second-order valence-corrected chi connectivity index (χ2v) is 4.73. The molecular weight excluding hydrogens is 282 g/mol. The Morgan fingerprint density at radius 2 is 2.05 bits per heavy atom. The molecule has 7 heteroatoms. The highest BCUT2D eigenvalue weighted by molar-refractivity contribution is 7.12. The van der Waals surface area contributed by atoms with Crippen LogP contribution in [0, 0.1) is 0 Å². The van der Waals surface area contributed by atoms with Gasteiger partial charge >= 0.3 is 5.97 Å². The van der Waals surface area contributed by atoms with Gasteiger partial charge in [-0.3, -0.25) is 4.79 Å². The maximum atomic E-state index is 12.0. The molecule has 0 bridgehead atoms. The zero-order valence-electron chi connectivity index (χ0n) is 10.4. The van der Waals surface area contributed by atoms with Gasteiger partial charge < -0.3 is 20.3 Å². The maximum absolute atomic E-state index is 12.0. The van der Waals surface area contributed by atoms with Crippen molar-refractivity contribution in [1.82, 2.24) is 0 Å². The van der Waals surface area contributed by atoms with Crippen LogP contribution in [0.3, 0.4) is 0 Å². The van der Waals surface area contributed by atoms with Crippen LogP contribution in [-0.2, 0) is 0 Å². The van der Waals surface area contributed by atoms with Gasteiger partial charge in [-0.2, -0.15) is 0 Å². The van der Waals surface area contributed by atoms with E-state index in [1.807, 2.05) is 0 Å². The smallest absolute Gasteiger partial charge is 0.348 e. The fraction of sp³-hybridized carbons (Fsp3) is 0.0769. The van der Waals surface area contributed by atoms with E-state index < -0.39 is 11.9 Å². The molecule has 0 aliphatic carbocycles. The second-order valence-electron chi connectivity index (χ2n) is 3.81. The first-order valence-electron chi connectivity index (χ1n) is 5.52. The molecule has 0 atom stereocenters. The van der Waals surface area contributed by atoms with Gasteiger partial charge in [0.15, 0.2) is 11.5 Å². The minimum absolute atomic E-state index is 0.0519. The third-order valence-electron chi connectivity index (χ3n) is 2.55.